The van der Waals surface area contributed by atoms with Gasteiger partial charge in [-0.3, -0.25) is 4.98 Å². The lowest BCUT2D eigenvalue weighted by atomic mass is 10.2. The average Bonchev–Trinajstić information content (AvgIpc) is 3.12. The van der Waals surface area contributed by atoms with Gasteiger partial charge in [0.2, 0.25) is 5.95 Å². The fourth-order valence-corrected chi connectivity index (χ4v) is 3.61. The fraction of sp³-hybridized carbons (Fsp3) is 0.526. The number of rotatable bonds is 5. The van der Waals surface area contributed by atoms with E-state index in [-0.39, 0.29) is 6.10 Å². The number of hydrogen-bond donors (Lipinski definition) is 0. The molecule has 0 N–H and O–H groups in total. The molecule has 2 saturated heterocycles. The second kappa shape index (κ2) is 7.38. The molecule has 3 aliphatic heterocycles. The number of hydrogen-bond acceptors (Lipinski definition) is 8. The maximum atomic E-state index is 5.98. The van der Waals surface area contributed by atoms with E-state index >= 15 is 0 Å². The van der Waals surface area contributed by atoms with Gasteiger partial charge < -0.3 is 24.0 Å². The number of pyridine rings is 1. The monoisotopic (exact) mass is 369 g/mol. The lowest BCUT2D eigenvalue weighted by Gasteiger charge is -2.29. The molecular weight excluding hydrogens is 346 g/mol. The molecule has 8 nitrogen and oxygen atoms in total. The lowest BCUT2D eigenvalue weighted by molar-refractivity contribution is -0.136. The van der Waals surface area contributed by atoms with Gasteiger partial charge in [0, 0.05) is 31.4 Å². The Kier molecular flexibility index (Phi) is 4.61. The summed E-state index contributed by atoms with van der Waals surface area (Å²) >= 11 is 0. The van der Waals surface area contributed by atoms with Crippen molar-refractivity contribution in [1.82, 2.24) is 15.0 Å². The Balaban J connectivity index is 1.49. The molecule has 8 heteroatoms. The Bertz CT molecular complexity index is 793. The van der Waals surface area contributed by atoms with Crippen LogP contribution >= 0.6 is 0 Å². The zero-order valence-electron chi connectivity index (χ0n) is 15.2. The average molecular weight is 369 g/mol. The Labute approximate surface area is 158 Å². The minimum absolute atomic E-state index is 0.179. The van der Waals surface area contributed by atoms with E-state index in [0.717, 1.165) is 49.2 Å². The Hall–Kier alpha value is -2.29. The molecule has 0 unspecified atom stereocenters. The molecule has 2 aromatic rings. The summed E-state index contributed by atoms with van der Waals surface area (Å²) in [5.74, 6) is 1.74. The normalized spacial score (nSPS) is 19.9. The van der Waals surface area contributed by atoms with E-state index < -0.39 is 0 Å². The highest BCUT2D eigenvalue weighted by Gasteiger charge is 2.29. The summed E-state index contributed by atoms with van der Waals surface area (Å²) in [4.78, 5) is 18.5. The van der Waals surface area contributed by atoms with E-state index in [4.69, 9.17) is 24.2 Å². The molecule has 0 amide bonds. The molecule has 0 spiro atoms. The van der Waals surface area contributed by atoms with E-state index in [1.165, 1.54) is 5.56 Å². The number of nitrogens with zero attached hydrogens (tertiary/aromatic N) is 5. The van der Waals surface area contributed by atoms with Gasteiger partial charge in [-0.2, -0.15) is 4.98 Å². The topological polar surface area (TPSA) is 72.8 Å². The second-order valence-corrected chi connectivity index (χ2v) is 6.96. The van der Waals surface area contributed by atoms with Crippen LogP contribution in [0.4, 0.5) is 17.5 Å². The van der Waals surface area contributed by atoms with Crippen LogP contribution in [0, 0.1) is 0 Å². The predicted octanol–water partition coefficient (Wildman–Crippen LogP) is 1.32. The summed E-state index contributed by atoms with van der Waals surface area (Å²) < 4.78 is 16.7. The molecule has 5 heterocycles. The largest absolute Gasteiger partial charge is 0.378 e. The van der Waals surface area contributed by atoms with Crippen LogP contribution in [0.5, 0.6) is 0 Å². The SMILES string of the molecule is c1cncc(N2CCc3c(COC4COC4)nc(N4CCOCC4)nc32)c1. The Morgan fingerprint density at radius 1 is 1.11 bits per heavy atom. The minimum atomic E-state index is 0.179. The molecule has 2 fully saturated rings. The van der Waals surface area contributed by atoms with Crippen molar-refractivity contribution in [3.63, 3.8) is 0 Å². The molecular formula is C19H23N5O3. The summed E-state index contributed by atoms with van der Waals surface area (Å²) in [5, 5.41) is 0. The van der Waals surface area contributed by atoms with Gasteiger partial charge in [0.05, 0.1) is 50.6 Å². The molecule has 0 radical (unpaired) electrons. The van der Waals surface area contributed by atoms with E-state index in [0.29, 0.717) is 33.0 Å². The fourth-order valence-electron chi connectivity index (χ4n) is 3.61. The zero-order chi connectivity index (χ0) is 18.1. The first-order chi connectivity index (χ1) is 13.4. The highest BCUT2D eigenvalue weighted by atomic mass is 16.6. The molecule has 0 saturated carbocycles. The lowest BCUT2D eigenvalue weighted by Crippen LogP contribution is -2.38. The first kappa shape index (κ1) is 16.9. The zero-order valence-corrected chi connectivity index (χ0v) is 15.2. The van der Waals surface area contributed by atoms with E-state index in [1.807, 2.05) is 12.3 Å². The molecule has 142 valence electrons. The highest BCUT2D eigenvalue weighted by Crippen LogP contribution is 2.35. The van der Waals surface area contributed by atoms with Crippen molar-refractivity contribution in [1.29, 1.82) is 0 Å². The smallest absolute Gasteiger partial charge is 0.227 e. The van der Waals surface area contributed by atoms with Gasteiger partial charge in [-0.05, 0) is 18.6 Å². The highest BCUT2D eigenvalue weighted by molar-refractivity contribution is 5.67. The molecule has 2 aromatic heterocycles. The quantitative estimate of drug-likeness (QED) is 0.781. The summed E-state index contributed by atoms with van der Waals surface area (Å²) in [5.41, 5.74) is 3.22. The van der Waals surface area contributed by atoms with E-state index in [1.54, 1.807) is 6.20 Å². The molecule has 5 rings (SSSR count). The van der Waals surface area contributed by atoms with Crippen molar-refractivity contribution in [3.8, 4) is 0 Å². The predicted molar refractivity (Wildman–Crippen MR) is 99.4 cm³/mol. The summed E-state index contributed by atoms with van der Waals surface area (Å²) in [6.07, 6.45) is 4.76. The molecule has 0 aromatic carbocycles. The number of morpholine rings is 1. The third kappa shape index (κ3) is 3.36. The van der Waals surface area contributed by atoms with Crippen LogP contribution in [0.3, 0.4) is 0 Å². The van der Waals surface area contributed by atoms with Crippen LogP contribution in [0.1, 0.15) is 11.3 Å². The van der Waals surface area contributed by atoms with Gasteiger partial charge in [0.1, 0.15) is 11.9 Å². The second-order valence-electron chi connectivity index (χ2n) is 6.96. The van der Waals surface area contributed by atoms with Crippen molar-refractivity contribution in [2.45, 2.75) is 19.1 Å². The van der Waals surface area contributed by atoms with Crippen LogP contribution in [0.2, 0.25) is 0 Å². The van der Waals surface area contributed by atoms with Crippen LogP contribution < -0.4 is 9.80 Å². The third-order valence-electron chi connectivity index (χ3n) is 5.21. The maximum absolute atomic E-state index is 5.98. The van der Waals surface area contributed by atoms with Gasteiger partial charge in [0.15, 0.2) is 0 Å². The molecule has 0 bridgehead atoms. The molecule has 3 aliphatic rings. The van der Waals surface area contributed by atoms with E-state index in [9.17, 15) is 0 Å². The van der Waals surface area contributed by atoms with Gasteiger partial charge in [-0.1, -0.05) is 0 Å². The number of ether oxygens (including phenoxy) is 3. The van der Waals surface area contributed by atoms with Crippen molar-refractivity contribution in [2.24, 2.45) is 0 Å². The Morgan fingerprint density at radius 3 is 2.74 bits per heavy atom. The standard InChI is InChI=1S/C19H23N5O3/c1-2-14(10-20-4-1)24-5-3-16-17(13-27-15-11-26-12-15)21-19(22-18(16)24)23-6-8-25-9-7-23/h1-2,4,10,15H,3,5-9,11-13H2. The summed E-state index contributed by atoms with van der Waals surface area (Å²) in [6.45, 7) is 5.75. The van der Waals surface area contributed by atoms with Crippen LogP contribution in [-0.4, -0.2) is 67.1 Å². The van der Waals surface area contributed by atoms with Gasteiger partial charge in [-0.25, -0.2) is 4.98 Å². The third-order valence-corrected chi connectivity index (χ3v) is 5.21. The van der Waals surface area contributed by atoms with Gasteiger partial charge in [-0.15, -0.1) is 0 Å². The number of anilines is 3. The van der Waals surface area contributed by atoms with Gasteiger partial charge >= 0.3 is 0 Å². The number of aromatic nitrogens is 3. The van der Waals surface area contributed by atoms with Crippen LogP contribution in [-0.2, 0) is 27.2 Å². The molecule has 27 heavy (non-hydrogen) atoms. The van der Waals surface area contributed by atoms with Crippen molar-refractivity contribution in [2.75, 3.05) is 55.9 Å². The molecule has 0 atom stereocenters. The summed E-state index contributed by atoms with van der Waals surface area (Å²) in [7, 11) is 0. The van der Waals surface area contributed by atoms with Crippen molar-refractivity contribution in [3.05, 3.63) is 35.8 Å². The minimum Gasteiger partial charge on any atom is -0.378 e. The summed E-state index contributed by atoms with van der Waals surface area (Å²) in [6, 6.07) is 4.03. The maximum Gasteiger partial charge on any atom is 0.227 e. The van der Waals surface area contributed by atoms with Crippen molar-refractivity contribution >= 4 is 17.5 Å². The first-order valence-corrected chi connectivity index (χ1v) is 9.48. The van der Waals surface area contributed by atoms with Crippen LogP contribution in [0.15, 0.2) is 24.5 Å². The van der Waals surface area contributed by atoms with E-state index in [2.05, 4.69) is 20.9 Å². The van der Waals surface area contributed by atoms with Crippen LogP contribution in [0.25, 0.3) is 0 Å². The first-order valence-electron chi connectivity index (χ1n) is 9.48. The van der Waals surface area contributed by atoms with Gasteiger partial charge in [0.25, 0.3) is 0 Å². The Morgan fingerprint density at radius 2 is 2.00 bits per heavy atom. The number of fused-ring (bicyclic) bond motifs is 1. The molecule has 0 aliphatic carbocycles. The van der Waals surface area contributed by atoms with Crippen molar-refractivity contribution < 1.29 is 14.2 Å².